The topological polar surface area (TPSA) is 88.2 Å². The van der Waals surface area contributed by atoms with Crippen molar-refractivity contribution in [2.24, 2.45) is 0 Å². The van der Waals surface area contributed by atoms with Gasteiger partial charge in [-0.25, -0.2) is 4.79 Å². The number of carbonyl (C=O) groups is 1. The van der Waals surface area contributed by atoms with Crippen molar-refractivity contribution >= 4 is 38.6 Å². The zero-order valence-electron chi connectivity index (χ0n) is 9.40. The molecule has 7 heteroatoms. The largest absolute Gasteiger partial charge is 0.444 e. The summed E-state index contributed by atoms with van der Waals surface area (Å²) >= 11 is 3.12. The minimum absolute atomic E-state index is 0.188. The average Bonchev–Trinajstić information content (AvgIpc) is 2.93. The molecule has 3 aromatic rings. The lowest BCUT2D eigenvalue weighted by Crippen LogP contribution is -2.10. The van der Waals surface area contributed by atoms with Crippen LogP contribution in [0.3, 0.4) is 0 Å². The highest BCUT2D eigenvalue weighted by Gasteiger charge is 2.11. The van der Waals surface area contributed by atoms with Gasteiger partial charge < -0.3 is 14.2 Å². The number of nitrogens with one attached hydrogen (secondary N) is 2. The van der Waals surface area contributed by atoms with Crippen LogP contribution in [0.4, 0.5) is 5.69 Å². The van der Waals surface area contributed by atoms with Gasteiger partial charge in [-0.15, -0.1) is 0 Å². The smallest absolute Gasteiger partial charge is 0.417 e. The van der Waals surface area contributed by atoms with Crippen molar-refractivity contribution in [3.05, 3.63) is 51.3 Å². The Balaban J connectivity index is 1.88. The molecule has 6 nitrogen and oxygen atoms in total. The van der Waals surface area contributed by atoms with Crippen LogP contribution in [0.1, 0.15) is 10.6 Å². The second kappa shape index (κ2) is 4.43. The number of H-pyrrole nitrogens is 1. The van der Waals surface area contributed by atoms with Crippen molar-refractivity contribution in [2.45, 2.75) is 0 Å². The molecule has 2 heterocycles. The van der Waals surface area contributed by atoms with E-state index in [1.807, 2.05) is 0 Å². The fourth-order valence-electron chi connectivity index (χ4n) is 1.66. The van der Waals surface area contributed by atoms with Crippen molar-refractivity contribution in [1.82, 2.24) is 4.98 Å². The van der Waals surface area contributed by atoms with Crippen LogP contribution in [-0.4, -0.2) is 10.9 Å². The van der Waals surface area contributed by atoms with Gasteiger partial charge in [0.2, 0.25) is 0 Å². The van der Waals surface area contributed by atoms with Gasteiger partial charge in [-0.3, -0.25) is 9.78 Å². The normalized spacial score (nSPS) is 10.8. The first-order valence-electron chi connectivity index (χ1n) is 5.31. The summed E-state index contributed by atoms with van der Waals surface area (Å²) in [6.07, 6.45) is 0. The van der Waals surface area contributed by atoms with E-state index in [4.69, 9.17) is 8.83 Å². The molecular weight excluding hydrogens is 316 g/mol. The van der Waals surface area contributed by atoms with E-state index >= 15 is 0 Å². The fraction of sp³-hybridized carbons (Fsp3) is 0. The SMILES string of the molecule is O=C(Nc1ccc2oc(=O)[nH]c2c1)c1ccc(Br)o1. The van der Waals surface area contributed by atoms with Gasteiger partial charge in [0.25, 0.3) is 5.91 Å². The van der Waals surface area contributed by atoms with Crippen LogP contribution in [0, 0.1) is 0 Å². The Morgan fingerprint density at radius 3 is 2.79 bits per heavy atom. The number of aromatic nitrogens is 1. The van der Waals surface area contributed by atoms with E-state index in [1.165, 1.54) is 0 Å². The molecule has 0 aliphatic rings. The molecule has 0 aliphatic carbocycles. The van der Waals surface area contributed by atoms with Crippen LogP contribution < -0.4 is 11.1 Å². The fourth-order valence-corrected chi connectivity index (χ4v) is 1.97. The lowest BCUT2D eigenvalue weighted by molar-refractivity contribution is 0.0995. The van der Waals surface area contributed by atoms with E-state index in [2.05, 4.69) is 26.2 Å². The van der Waals surface area contributed by atoms with Gasteiger partial charge in [0.15, 0.2) is 16.0 Å². The molecule has 0 unspecified atom stereocenters. The molecule has 0 radical (unpaired) electrons. The van der Waals surface area contributed by atoms with Crippen molar-refractivity contribution in [1.29, 1.82) is 0 Å². The first-order chi connectivity index (χ1) is 9.11. The molecule has 96 valence electrons. The molecule has 19 heavy (non-hydrogen) atoms. The van der Waals surface area contributed by atoms with E-state index in [1.54, 1.807) is 30.3 Å². The molecule has 3 rings (SSSR count). The Kier molecular flexibility index (Phi) is 2.75. The van der Waals surface area contributed by atoms with E-state index in [0.717, 1.165) is 0 Å². The highest BCUT2D eigenvalue weighted by Crippen LogP contribution is 2.18. The van der Waals surface area contributed by atoms with Gasteiger partial charge >= 0.3 is 5.76 Å². The molecule has 0 spiro atoms. The summed E-state index contributed by atoms with van der Waals surface area (Å²) < 4.78 is 10.5. The summed E-state index contributed by atoms with van der Waals surface area (Å²) in [6, 6.07) is 8.02. The standard InChI is InChI=1S/C12H7BrN2O4/c13-10-4-3-9(18-10)11(16)14-6-1-2-8-7(5-6)15-12(17)19-8/h1-5H,(H,14,16)(H,15,17). The van der Waals surface area contributed by atoms with Crippen molar-refractivity contribution in [3.8, 4) is 0 Å². The second-order valence-corrected chi connectivity index (χ2v) is 4.56. The molecule has 1 amide bonds. The summed E-state index contributed by atoms with van der Waals surface area (Å²) in [5.74, 6) is -0.725. The third-order valence-corrected chi connectivity index (χ3v) is 2.90. The molecule has 2 N–H and O–H groups in total. The number of halogens is 1. The van der Waals surface area contributed by atoms with Crippen LogP contribution in [-0.2, 0) is 0 Å². The van der Waals surface area contributed by atoms with Crippen LogP contribution in [0.25, 0.3) is 11.1 Å². The Labute approximate surface area is 114 Å². The number of benzene rings is 1. The monoisotopic (exact) mass is 322 g/mol. The lowest BCUT2D eigenvalue weighted by atomic mass is 10.3. The highest BCUT2D eigenvalue weighted by molar-refractivity contribution is 9.10. The van der Waals surface area contributed by atoms with E-state index in [9.17, 15) is 9.59 Å². The number of amides is 1. The van der Waals surface area contributed by atoms with Gasteiger partial charge in [-0.05, 0) is 46.3 Å². The number of rotatable bonds is 2. The molecule has 0 saturated heterocycles. The molecule has 1 aromatic carbocycles. The summed E-state index contributed by atoms with van der Waals surface area (Å²) in [6.45, 7) is 0. The van der Waals surface area contributed by atoms with Gasteiger partial charge in [-0.1, -0.05) is 0 Å². The third kappa shape index (κ3) is 2.32. The molecule has 0 aliphatic heterocycles. The van der Waals surface area contributed by atoms with Crippen molar-refractivity contribution in [2.75, 3.05) is 5.32 Å². The van der Waals surface area contributed by atoms with E-state index in [-0.39, 0.29) is 11.7 Å². The van der Waals surface area contributed by atoms with Gasteiger partial charge in [-0.2, -0.15) is 0 Å². The quantitative estimate of drug-likeness (QED) is 0.759. The summed E-state index contributed by atoms with van der Waals surface area (Å²) in [7, 11) is 0. The maximum absolute atomic E-state index is 11.8. The van der Waals surface area contributed by atoms with Crippen LogP contribution in [0.5, 0.6) is 0 Å². The Hall–Kier alpha value is -2.28. The first-order valence-corrected chi connectivity index (χ1v) is 6.11. The number of aromatic amines is 1. The molecule has 0 fully saturated rings. The lowest BCUT2D eigenvalue weighted by Gasteiger charge is -2.02. The molecule has 0 atom stereocenters. The Bertz CT molecular complexity index is 814. The zero-order valence-corrected chi connectivity index (χ0v) is 11.0. The number of carbonyl (C=O) groups excluding carboxylic acids is 1. The second-order valence-electron chi connectivity index (χ2n) is 3.78. The molecule has 2 aromatic heterocycles. The van der Waals surface area contributed by atoms with Crippen LogP contribution in [0.15, 0.2) is 48.6 Å². The number of furan rings is 1. The summed E-state index contributed by atoms with van der Waals surface area (Å²) in [4.78, 5) is 25.4. The maximum atomic E-state index is 11.8. The number of oxazole rings is 1. The van der Waals surface area contributed by atoms with Gasteiger partial charge in [0.1, 0.15) is 0 Å². The first kappa shape index (κ1) is 11.8. The minimum atomic E-state index is -0.534. The maximum Gasteiger partial charge on any atom is 0.417 e. The van der Waals surface area contributed by atoms with Crippen LogP contribution >= 0.6 is 15.9 Å². The number of hydrogen-bond acceptors (Lipinski definition) is 4. The minimum Gasteiger partial charge on any atom is -0.444 e. The summed E-state index contributed by atoms with van der Waals surface area (Å²) in [5.41, 5.74) is 1.48. The Morgan fingerprint density at radius 2 is 2.05 bits per heavy atom. The molecular formula is C12H7BrN2O4. The van der Waals surface area contributed by atoms with E-state index in [0.29, 0.717) is 21.5 Å². The van der Waals surface area contributed by atoms with E-state index < -0.39 is 5.76 Å². The Morgan fingerprint density at radius 1 is 1.21 bits per heavy atom. The predicted octanol–water partition coefficient (Wildman–Crippen LogP) is 2.73. The molecule has 0 bridgehead atoms. The number of anilines is 1. The number of hydrogen-bond donors (Lipinski definition) is 2. The van der Waals surface area contributed by atoms with Crippen molar-refractivity contribution in [3.63, 3.8) is 0 Å². The average molecular weight is 323 g/mol. The summed E-state index contributed by atoms with van der Waals surface area (Å²) in [5, 5.41) is 2.66. The third-order valence-electron chi connectivity index (χ3n) is 2.47. The predicted molar refractivity (Wildman–Crippen MR) is 71.2 cm³/mol. The zero-order chi connectivity index (χ0) is 13.4. The van der Waals surface area contributed by atoms with Gasteiger partial charge in [0.05, 0.1) is 5.52 Å². The molecule has 0 saturated carbocycles. The number of fused-ring (bicyclic) bond motifs is 1. The van der Waals surface area contributed by atoms with Crippen LogP contribution in [0.2, 0.25) is 0 Å². The van der Waals surface area contributed by atoms with Crippen molar-refractivity contribution < 1.29 is 13.6 Å². The highest BCUT2D eigenvalue weighted by atomic mass is 79.9. The van der Waals surface area contributed by atoms with Gasteiger partial charge in [0, 0.05) is 5.69 Å².